The number of urea groups is 1. The van der Waals surface area contributed by atoms with Crippen molar-refractivity contribution in [2.24, 2.45) is 0 Å². The second kappa shape index (κ2) is 4.98. The van der Waals surface area contributed by atoms with Crippen LogP contribution in [-0.4, -0.2) is 22.3 Å². The number of nitrogens with one attached hydrogen (secondary N) is 2. The van der Waals surface area contributed by atoms with Gasteiger partial charge in [0.05, 0.1) is 11.1 Å². The van der Waals surface area contributed by atoms with Crippen molar-refractivity contribution in [2.45, 2.75) is 45.8 Å². The van der Waals surface area contributed by atoms with Crippen LogP contribution in [0.25, 0.3) is 0 Å². The Morgan fingerprint density at radius 3 is 2.33 bits per heavy atom. The number of rotatable bonds is 3. The maximum absolute atomic E-state index is 11.9. The number of carbonyl (C=O) groups is 1. The fourth-order valence-electron chi connectivity index (χ4n) is 1.32. The molecule has 18 heavy (non-hydrogen) atoms. The first-order chi connectivity index (χ1) is 8.12. The van der Waals surface area contributed by atoms with Gasteiger partial charge in [-0.05, 0) is 52.3 Å². The number of aliphatic hydroxyl groups is 1. The molecule has 0 saturated carbocycles. The fraction of sp³-hybridized carbons (Fsp3) is 0.500. The van der Waals surface area contributed by atoms with E-state index in [0.717, 1.165) is 11.3 Å². The van der Waals surface area contributed by atoms with Crippen molar-refractivity contribution in [2.75, 3.05) is 5.32 Å². The van der Waals surface area contributed by atoms with Crippen LogP contribution in [0.2, 0.25) is 0 Å². The normalized spacial score (nSPS) is 12.1. The van der Waals surface area contributed by atoms with Gasteiger partial charge >= 0.3 is 6.03 Å². The molecule has 1 aromatic rings. The van der Waals surface area contributed by atoms with Gasteiger partial charge < -0.3 is 15.7 Å². The van der Waals surface area contributed by atoms with Crippen molar-refractivity contribution in [3.63, 3.8) is 0 Å². The summed E-state index contributed by atoms with van der Waals surface area (Å²) in [5.74, 6) is 0. The standard InChI is InChI=1S/C14H22N2O2/c1-10-7-6-8-11(9-10)15-12(17)16-13(2,3)14(4,5)18/h6-9,18H,1-5H3,(H2,15,16,17). The predicted octanol–water partition coefficient (Wildman–Crippen LogP) is 2.67. The van der Waals surface area contributed by atoms with E-state index < -0.39 is 11.1 Å². The summed E-state index contributed by atoms with van der Waals surface area (Å²) >= 11 is 0. The maximum atomic E-state index is 11.9. The van der Waals surface area contributed by atoms with Crippen LogP contribution in [0.5, 0.6) is 0 Å². The molecular formula is C14H22N2O2. The minimum absolute atomic E-state index is 0.326. The van der Waals surface area contributed by atoms with Gasteiger partial charge in [0.1, 0.15) is 0 Å². The minimum atomic E-state index is -1.00. The Morgan fingerprint density at radius 1 is 1.22 bits per heavy atom. The number of carbonyl (C=O) groups excluding carboxylic acids is 1. The molecule has 100 valence electrons. The zero-order valence-corrected chi connectivity index (χ0v) is 11.7. The number of hydrogen-bond donors (Lipinski definition) is 3. The molecule has 0 saturated heterocycles. The third-order valence-electron chi connectivity index (χ3n) is 3.23. The highest BCUT2D eigenvalue weighted by atomic mass is 16.3. The summed E-state index contributed by atoms with van der Waals surface area (Å²) in [6, 6.07) is 7.23. The van der Waals surface area contributed by atoms with Crippen molar-refractivity contribution in [1.29, 1.82) is 0 Å². The lowest BCUT2D eigenvalue weighted by molar-refractivity contribution is 0.00185. The van der Waals surface area contributed by atoms with E-state index in [9.17, 15) is 9.90 Å². The van der Waals surface area contributed by atoms with Crippen molar-refractivity contribution in [1.82, 2.24) is 5.32 Å². The Labute approximate surface area is 108 Å². The molecule has 0 aromatic heterocycles. The quantitative estimate of drug-likeness (QED) is 0.772. The number of hydrogen-bond acceptors (Lipinski definition) is 2. The lowest BCUT2D eigenvalue weighted by Gasteiger charge is -2.37. The Bertz CT molecular complexity index is 434. The van der Waals surface area contributed by atoms with Gasteiger partial charge in [-0.3, -0.25) is 0 Å². The van der Waals surface area contributed by atoms with E-state index in [1.807, 2.05) is 31.2 Å². The molecule has 0 spiro atoms. The molecule has 0 heterocycles. The van der Waals surface area contributed by atoms with Gasteiger partial charge in [0.2, 0.25) is 0 Å². The highest BCUT2D eigenvalue weighted by Crippen LogP contribution is 2.20. The third-order valence-corrected chi connectivity index (χ3v) is 3.23. The molecule has 4 nitrogen and oxygen atoms in total. The molecule has 0 atom stereocenters. The van der Waals surface area contributed by atoms with Crippen LogP contribution in [0, 0.1) is 6.92 Å². The van der Waals surface area contributed by atoms with Gasteiger partial charge in [-0.15, -0.1) is 0 Å². The van der Waals surface area contributed by atoms with Gasteiger partial charge in [0, 0.05) is 5.69 Å². The second-order valence-corrected chi connectivity index (χ2v) is 5.63. The van der Waals surface area contributed by atoms with Crippen LogP contribution < -0.4 is 10.6 Å². The third kappa shape index (κ3) is 3.74. The van der Waals surface area contributed by atoms with E-state index in [1.165, 1.54) is 0 Å². The molecule has 0 unspecified atom stereocenters. The fourth-order valence-corrected chi connectivity index (χ4v) is 1.32. The number of anilines is 1. The maximum Gasteiger partial charge on any atom is 0.319 e. The molecule has 0 radical (unpaired) electrons. The summed E-state index contributed by atoms with van der Waals surface area (Å²) in [7, 11) is 0. The first-order valence-electron chi connectivity index (χ1n) is 6.00. The zero-order valence-electron chi connectivity index (χ0n) is 11.7. The molecule has 2 amide bonds. The first kappa shape index (κ1) is 14.5. The van der Waals surface area contributed by atoms with Gasteiger partial charge in [-0.1, -0.05) is 12.1 Å². The van der Waals surface area contributed by atoms with Crippen molar-refractivity contribution in [3.8, 4) is 0 Å². The summed E-state index contributed by atoms with van der Waals surface area (Å²) in [6.45, 7) is 8.86. The SMILES string of the molecule is Cc1cccc(NC(=O)NC(C)(C)C(C)(C)O)c1. The molecule has 0 aliphatic heterocycles. The summed E-state index contributed by atoms with van der Waals surface area (Å²) in [6.07, 6.45) is 0. The van der Waals surface area contributed by atoms with Gasteiger partial charge in [0.25, 0.3) is 0 Å². The molecule has 3 N–H and O–H groups in total. The smallest absolute Gasteiger partial charge is 0.319 e. The largest absolute Gasteiger partial charge is 0.388 e. The molecule has 0 bridgehead atoms. The zero-order chi connectivity index (χ0) is 14.0. The van der Waals surface area contributed by atoms with E-state index in [-0.39, 0.29) is 6.03 Å². The van der Waals surface area contributed by atoms with Gasteiger partial charge in [0.15, 0.2) is 0 Å². The minimum Gasteiger partial charge on any atom is -0.388 e. The van der Waals surface area contributed by atoms with E-state index in [4.69, 9.17) is 0 Å². The van der Waals surface area contributed by atoms with E-state index in [2.05, 4.69) is 10.6 Å². The van der Waals surface area contributed by atoms with Gasteiger partial charge in [-0.2, -0.15) is 0 Å². The lowest BCUT2D eigenvalue weighted by atomic mass is 9.86. The molecule has 0 fully saturated rings. The van der Waals surface area contributed by atoms with Crippen LogP contribution in [0.4, 0.5) is 10.5 Å². The molecule has 1 aromatic carbocycles. The summed E-state index contributed by atoms with van der Waals surface area (Å²) < 4.78 is 0. The van der Waals surface area contributed by atoms with Crippen LogP contribution >= 0.6 is 0 Å². The molecular weight excluding hydrogens is 228 g/mol. The Kier molecular flexibility index (Phi) is 4.02. The van der Waals surface area contributed by atoms with E-state index in [1.54, 1.807) is 27.7 Å². The average molecular weight is 250 g/mol. The summed E-state index contributed by atoms with van der Waals surface area (Å²) in [5, 5.41) is 15.5. The molecule has 0 aliphatic rings. The highest BCUT2D eigenvalue weighted by molar-refractivity contribution is 5.89. The molecule has 4 heteroatoms. The van der Waals surface area contributed by atoms with E-state index in [0.29, 0.717) is 0 Å². The Hall–Kier alpha value is -1.55. The summed E-state index contributed by atoms with van der Waals surface area (Å²) in [5.41, 5.74) is 0.0892. The number of amides is 2. The highest BCUT2D eigenvalue weighted by Gasteiger charge is 2.36. The monoisotopic (exact) mass is 250 g/mol. The van der Waals surface area contributed by atoms with Crippen LogP contribution in [0.1, 0.15) is 33.3 Å². The first-order valence-corrected chi connectivity index (χ1v) is 6.00. The number of benzene rings is 1. The predicted molar refractivity (Wildman–Crippen MR) is 73.7 cm³/mol. The average Bonchev–Trinajstić information content (AvgIpc) is 2.14. The van der Waals surface area contributed by atoms with E-state index >= 15 is 0 Å². The molecule has 0 aliphatic carbocycles. The van der Waals surface area contributed by atoms with Crippen LogP contribution in [0.15, 0.2) is 24.3 Å². The Balaban J connectivity index is 2.68. The summed E-state index contributed by atoms with van der Waals surface area (Å²) in [4.78, 5) is 11.9. The van der Waals surface area contributed by atoms with Crippen molar-refractivity contribution >= 4 is 11.7 Å². The Morgan fingerprint density at radius 2 is 1.83 bits per heavy atom. The van der Waals surface area contributed by atoms with Crippen molar-refractivity contribution in [3.05, 3.63) is 29.8 Å². The van der Waals surface area contributed by atoms with Crippen LogP contribution in [-0.2, 0) is 0 Å². The topological polar surface area (TPSA) is 61.4 Å². The number of aryl methyl sites for hydroxylation is 1. The van der Waals surface area contributed by atoms with Crippen molar-refractivity contribution < 1.29 is 9.90 Å². The molecule has 1 rings (SSSR count). The second-order valence-electron chi connectivity index (χ2n) is 5.63. The van der Waals surface area contributed by atoms with Crippen LogP contribution in [0.3, 0.4) is 0 Å². The van der Waals surface area contributed by atoms with Gasteiger partial charge in [-0.25, -0.2) is 4.79 Å². The lowest BCUT2D eigenvalue weighted by Crippen LogP contribution is -2.58.